The van der Waals surface area contributed by atoms with Crippen molar-refractivity contribution in [3.05, 3.63) is 52.7 Å². The van der Waals surface area contributed by atoms with E-state index >= 15 is 0 Å². The topological polar surface area (TPSA) is 92.8 Å². The number of halogens is 6. The highest BCUT2D eigenvalue weighted by molar-refractivity contribution is 5.95. The number of nitriles is 2. The number of hydrogen-bond acceptors (Lipinski definition) is 5. The normalized spacial score (nSPS) is 11.4. The largest absolute Gasteiger partial charge is 0.433 e. The molecule has 0 fully saturated rings. The molecule has 1 heterocycles. The van der Waals surface area contributed by atoms with Gasteiger partial charge in [-0.2, -0.15) is 36.9 Å². The number of pyridine rings is 1. The van der Waals surface area contributed by atoms with Crippen LogP contribution < -0.4 is 10.2 Å². The van der Waals surface area contributed by atoms with Crippen LogP contribution in [-0.2, 0) is 17.1 Å². The Morgan fingerprint density at radius 2 is 1.67 bits per heavy atom. The van der Waals surface area contributed by atoms with Crippen molar-refractivity contribution >= 4 is 17.4 Å². The fourth-order valence-electron chi connectivity index (χ4n) is 2.34. The van der Waals surface area contributed by atoms with Gasteiger partial charge in [0.25, 0.3) is 0 Å². The van der Waals surface area contributed by atoms with Crippen LogP contribution in [0.4, 0.5) is 37.8 Å². The summed E-state index contributed by atoms with van der Waals surface area (Å²) in [4.78, 5) is 16.4. The first-order valence-electron chi connectivity index (χ1n) is 7.98. The molecule has 0 saturated heterocycles. The van der Waals surface area contributed by atoms with Gasteiger partial charge in [-0.1, -0.05) is 0 Å². The van der Waals surface area contributed by atoms with Crippen molar-refractivity contribution < 1.29 is 31.1 Å². The number of hydrogen-bond donors (Lipinski definition) is 1. The van der Waals surface area contributed by atoms with Gasteiger partial charge in [-0.15, -0.1) is 0 Å². The lowest BCUT2D eigenvalue weighted by atomic mass is 10.1. The maximum Gasteiger partial charge on any atom is 0.433 e. The molecule has 1 N–H and O–H groups in total. The van der Waals surface area contributed by atoms with Gasteiger partial charge in [-0.3, -0.25) is 4.79 Å². The number of alkyl halides is 6. The van der Waals surface area contributed by atoms with Gasteiger partial charge in [0.1, 0.15) is 23.1 Å². The molecular weight excluding hydrogens is 416 g/mol. The first-order chi connectivity index (χ1) is 13.9. The number of carbonyl (C=O) groups excluding carboxylic acids is 1. The number of benzene rings is 1. The molecule has 0 saturated carbocycles. The molecule has 12 heteroatoms. The lowest BCUT2D eigenvalue weighted by Crippen LogP contribution is -2.32. The first kappa shape index (κ1) is 22.5. The molecule has 6 nitrogen and oxygen atoms in total. The van der Waals surface area contributed by atoms with E-state index in [2.05, 4.69) is 10.3 Å². The molecule has 2 rings (SSSR count). The summed E-state index contributed by atoms with van der Waals surface area (Å²) in [6, 6.07) is 8.51. The third kappa shape index (κ3) is 4.97. The predicted octanol–water partition coefficient (Wildman–Crippen LogP) is 3.94. The molecule has 156 valence electrons. The summed E-state index contributed by atoms with van der Waals surface area (Å²) in [5.41, 5.74) is -4.19. The van der Waals surface area contributed by atoms with Crippen molar-refractivity contribution in [3.63, 3.8) is 0 Å². The van der Waals surface area contributed by atoms with Crippen molar-refractivity contribution in [3.8, 4) is 12.1 Å². The zero-order valence-electron chi connectivity index (χ0n) is 15.1. The molecule has 1 aromatic carbocycles. The van der Waals surface area contributed by atoms with Gasteiger partial charge in [0.2, 0.25) is 5.91 Å². The summed E-state index contributed by atoms with van der Waals surface area (Å²) in [5, 5.41) is 19.9. The summed E-state index contributed by atoms with van der Waals surface area (Å²) in [7, 11) is 1.32. The van der Waals surface area contributed by atoms with E-state index in [-0.39, 0.29) is 6.07 Å². The molecule has 0 radical (unpaired) electrons. The van der Waals surface area contributed by atoms with Crippen molar-refractivity contribution in [2.75, 3.05) is 23.8 Å². The number of carbonyl (C=O) groups is 1. The zero-order valence-corrected chi connectivity index (χ0v) is 15.1. The molecule has 0 unspecified atom stereocenters. The summed E-state index contributed by atoms with van der Waals surface area (Å²) in [6.45, 7) is -0.739. The van der Waals surface area contributed by atoms with Crippen LogP contribution in [0.15, 0.2) is 30.3 Å². The number of rotatable bonds is 4. The van der Waals surface area contributed by atoms with Crippen LogP contribution in [0.3, 0.4) is 0 Å². The Hall–Kier alpha value is -3.80. The van der Waals surface area contributed by atoms with Crippen LogP contribution in [0.5, 0.6) is 0 Å². The van der Waals surface area contributed by atoms with E-state index in [0.717, 1.165) is 4.90 Å². The minimum absolute atomic E-state index is 0.256. The summed E-state index contributed by atoms with van der Waals surface area (Å²) in [6.07, 6.45) is -10.4. The molecule has 0 aliphatic carbocycles. The second-order valence-electron chi connectivity index (χ2n) is 5.85. The lowest BCUT2D eigenvalue weighted by Gasteiger charge is -2.19. The van der Waals surface area contributed by atoms with Gasteiger partial charge in [0.05, 0.1) is 23.7 Å². The first-order valence-corrected chi connectivity index (χ1v) is 7.98. The summed E-state index contributed by atoms with van der Waals surface area (Å²) < 4.78 is 78.2. The fourth-order valence-corrected chi connectivity index (χ4v) is 2.34. The highest BCUT2D eigenvalue weighted by Gasteiger charge is 2.41. The summed E-state index contributed by atoms with van der Waals surface area (Å²) in [5.74, 6) is -1.75. The average Bonchev–Trinajstić information content (AvgIpc) is 2.69. The Morgan fingerprint density at radius 3 is 2.13 bits per heavy atom. The highest BCUT2D eigenvalue weighted by Crippen LogP contribution is 2.38. The molecule has 0 aliphatic rings. The maximum atomic E-state index is 13.1. The van der Waals surface area contributed by atoms with Crippen molar-refractivity contribution in [1.82, 2.24) is 4.98 Å². The number of nitrogens with one attached hydrogen (secondary N) is 1. The van der Waals surface area contributed by atoms with Gasteiger partial charge < -0.3 is 10.2 Å². The standard InChI is InChI=1S/C18H11F6N5O/c1-29(11-4-2-10(7-25)3-5-11)15(30)9-27-16-12(8-26)13(17(19,20)21)6-14(28-16)18(22,23)24/h2-6H,9H2,1H3,(H,27,28). The van der Waals surface area contributed by atoms with E-state index in [1.165, 1.54) is 37.4 Å². The van der Waals surface area contributed by atoms with E-state index in [1.54, 1.807) is 0 Å². The van der Waals surface area contributed by atoms with Gasteiger partial charge in [0.15, 0.2) is 0 Å². The fraction of sp³-hybridized carbons (Fsp3) is 0.222. The van der Waals surface area contributed by atoms with E-state index in [4.69, 9.17) is 10.5 Å². The Bertz CT molecular complexity index is 1030. The molecule has 0 spiro atoms. The Balaban J connectivity index is 2.33. The smallest absolute Gasteiger partial charge is 0.360 e. The molecule has 0 bridgehead atoms. The van der Waals surface area contributed by atoms with Crippen molar-refractivity contribution in [2.24, 2.45) is 0 Å². The van der Waals surface area contributed by atoms with Crippen LogP contribution >= 0.6 is 0 Å². The molecule has 1 aromatic heterocycles. The molecular formula is C18H11F6N5O. The lowest BCUT2D eigenvalue weighted by molar-refractivity contribution is -0.145. The van der Waals surface area contributed by atoms with Crippen molar-refractivity contribution in [2.45, 2.75) is 12.4 Å². The third-order valence-corrected chi connectivity index (χ3v) is 3.89. The van der Waals surface area contributed by atoms with Crippen LogP contribution in [-0.4, -0.2) is 24.5 Å². The minimum atomic E-state index is -5.24. The van der Waals surface area contributed by atoms with Crippen LogP contribution in [0.25, 0.3) is 0 Å². The Labute approximate surface area is 166 Å². The number of amides is 1. The van der Waals surface area contributed by atoms with Crippen LogP contribution in [0, 0.1) is 22.7 Å². The SMILES string of the molecule is CN(C(=O)CNc1nc(C(F)(F)F)cc(C(F)(F)F)c1C#N)c1ccc(C#N)cc1. The average molecular weight is 427 g/mol. The Kier molecular flexibility index (Phi) is 6.21. The third-order valence-electron chi connectivity index (χ3n) is 3.89. The monoisotopic (exact) mass is 427 g/mol. The summed E-state index contributed by atoms with van der Waals surface area (Å²) >= 11 is 0. The number of anilines is 2. The van der Waals surface area contributed by atoms with Gasteiger partial charge in [0, 0.05) is 12.7 Å². The van der Waals surface area contributed by atoms with Crippen molar-refractivity contribution in [1.29, 1.82) is 10.5 Å². The number of nitrogens with zero attached hydrogens (tertiary/aromatic N) is 4. The van der Waals surface area contributed by atoms with Crippen LogP contribution in [0.2, 0.25) is 0 Å². The van der Waals surface area contributed by atoms with Crippen LogP contribution in [0.1, 0.15) is 22.4 Å². The molecule has 30 heavy (non-hydrogen) atoms. The Morgan fingerprint density at radius 1 is 1.07 bits per heavy atom. The molecule has 0 atom stereocenters. The number of likely N-dealkylation sites (N-methyl/N-ethyl adjacent to an activating group) is 1. The molecule has 0 aliphatic heterocycles. The van der Waals surface area contributed by atoms with Gasteiger partial charge >= 0.3 is 12.4 Å². The molecule has 1 amide bonds. The highest BCUT2D eigenvalue weighted by atomic mass is 19.4. The van der Waals surface area contributed by atoms with E-state index in [0.29, 0.717) is 11.3 Å². The van der Waals surface area contributed by atoms with E-state index in [1.807, 2.05) is 6.07 Å². The molecule has 2 aromatic rings. The number of aromatic nitrogens is 1. The van der Waals surface area contributed by atoms with E-state index in [9.17, 15) is 31.1 Å². The van der Waals surface area contributed by atoms with Gasteiger partial charge in [-0.25, -0.2) is 4.98 Å². The quantitative estimate of drug-likeness (QED) is 0.747. The predicted molar refractivity (Wildman–Crippen MR) is 92.0 cm³/mol. The van der Waals surface area contributed by atoms with E-state index < -0.39 is 47.4 Å². The maximum absolute atomic E-state index is 13.1. The minimum Gasteiger partial charge on any atom is -0.360 e. The second-order valence-corrected chi connectivity index (χ2v) is 5.85. The second kappa shape index (κ2) is 8.29. The zero-order chi connectivity index (χ0) is 22.7. The van der Waals surface area contributed by atoms with Gasteiger partial charge in [-0.05, 0) is 30.3 Å².